The van der Waals surface area contributed by atoms with E-state index in [1.165, 1.54) is 10.9 Å². The van der Waals surface area contributed by atoms with Gasteiger partial charge in [-0.1, -0.05) is 81.4 Å². The Hall–Kier alpha value is -2.15. The highest BCUT2D eigenvalue weighted by atomic mass is 31.1. The van der Waals surface area contributed by atoms with Gasteiger partial charge in [0.2, 0.25) is 0 Å². The van der Waals surface area contributed by atoms with Gasteiger partial charge in [-0.2, -0.15) is 0 Å². The minimum atomic E-state index is 0.390. The summed E-state index contributed by atoms with van der Waals surface area (Å²) in [6, 6.07) is 24.5. The minimum Gasteiger partial charge on any atom is -0.507 e. The van der Waals surface area contributed by atoms with E-state index in [9.17, 15) is 5.11 Å². The monoisotopic (exact) mass is 335 g/mol. The Balaban J connectivity index is 1.95. The maximum absolute atomic E-state index is 10.8. The Morgan fingerprint density at radius 1 is 0.792 bits per heavy atom. The molecule has 0 aliphatic heterocycles. The van der Waals surface area contributed by atoms with Gasteiger partial charge in [0.25, 0.3) is 0 Å². The van der Waals surface area contributed by atoms with E-state index < -0.39 is 0 Å². The van der Waals surface area contributed by atoms with E-state index in [1.807, 2.05) is 48.5 Å². The summed E-state index contributed by atoms with van der Waals surface area (Å²) in [6.45, 7) is 0.905. The van der Waals surface area contributed by atoms with Gasteiger partial charge in [-0.05, 0) is 30.5 Å². The second-order valence-electron chi connectivity index (χ2n) is 6.09. The molecule has 2 nitrogen and oxygen atoms in total. The normalized spacial score (nSPS) is 11.5. The molecule has 1 N–H and O–H groups in total. The molecule has 3 aromatic carbocycles. The molecule has 122 valence electrons. The lowest BCUT2D eigenvalue weighted by Crippen LogP contribution is -2.17. The number of phenolic OH excluding ortho intramolecular Hbond substituents is 1. The standard InChI is InChI=1S/C21H22NOP/c1-22(2)15-17-11-6-7-13-19(17)24-20-14-8-12-18(21(20)23)16-9-4-3-5-10-16/h3-14,23-24H,15H2,1-2H3. The zero-order valence-electron chi connectivity index (χ0n) is 14.0. The lowest BCUT2D eigenvalue weighted by molar-refractivity contribution is 0.403. The molecule has 0 spiro atoms. The van der Waals surface area contributed by atoms with Gasteiger partial charge in [-0.25, -0.2) is 0 Å². The third-order valence-electron chi connectivity index (χ3n) is 3.89. The van der Waals surface area contributed by atoms with Gasteiger partial charge in [0, 0.05) is 17.4 Å². The van der Waals surface area contributed by atoms with Crippen LogP contribution >= 0.6 is 8.58 Å². The summed E-state index contributed by atoms with van der Waals surface area (Å²) >= 11 is 0. The van der Waals surface area contributed by atoms with Crippen molar-refractivity contribution in [1.29, 1.82) is 0 Å². The molecule has 0 aliphatic rings. The fraction of sp³-hybridized carbons (Fsp3) is 0.143. The Bertz CT molecular complexity index is 815. The van der Waals surface area contributed by atoms with Gasteiger partial charge in [0.15, 0.2) is 0 Å². The molecule has 0 aliphatic carbocycles. The van der Waals surface area contributed by atoms with Crippen LogP contribution in [0.3, 0.4) is 0 Å². The number of benzene rings is 3. The summed E-state index contributed by atoms with van der Waals surface area (Å²) in [7, 11) is 4.59. The summed E-state index contributed by atoms with van der Waals surface area (Å²) in [6.07, 6.45) is 0. The molecule has 0 fully saturated rings. The summed E-state index contributed by atoms with van der Waals surface area (Å²) in [5.74, 6) is 0.390. The lowest BCUT2D eigenvalue weighted by Gasteiger charge is -2.15. The number of rotatable bonds is 5. The topological polar surface area (TPSA) is 23.5 Å². The predicted molar refractivity (Wildman–Crippen MR) is 105 cm³/mol. The van der Waals surface area contributed by atoms with Gasteiger partial charge < -0.3 is 10.0 Å². The highest BCUT2D eigenvalue weighted by Crippen LogP contribution is 2.31. The van der Waals surface area contributed by atoms with Gasteiger partial charge in [-0.15, -0.1) is 0 Å². The molecule has 1 atom stereocenters. The molecule has 3 heteroatoms. The van der Waals surface area contributed by atoms with Crippen molar-refractivity contribution in [1.82, 2.24) is 4.90 Å². The molecule has 0 heterocycles. The molecule has 0 radical (unpaired) electrons. The van der Waals surface area contributed by atoms with E-state index in [0.717, 1.165) is 23.0 Å². The van der Waals surface area contributed by atoms with Crippen molar-refractivity contribution in [3.05, 3.63) is 78.4 Å². The van der Waals surface area contributed by atoms with E-state index in [4.69, 9.17) is 0 Å². The van der Waals surface area contributed by atoms with Gasteiger partial charge in [0.1, 0.15) is 5.75 Å². The van der Waals surface area contributed by atoms with Crippen LogP contribution in [0.1, 0.15) is 5.56 Å². The molecular formula is C21H22NOP. The van der Waals surface area contributed by atoms with Crippen molar-refractivity contribution in [3.63, 3.8) is 0 Å². The van der Waals surface area contributed by atoms with Crippen molar-refractivity contribution in [2.75, 3.05) is 14.1 Å². The molecule has 0 amide bonds. The largest absolute Gasteiger partial charge is 0.507 e. The van der Waals surface area contributed by atoms with Gasteiger partial charge in [0.05, 0.1) is 0 Å². The maximum Gasteiger partial charge on any atom is 0.131 e. The fourth-order valence-corrected chi connectivity index (χ4v) is 3.99. The molecule has 0 saturated heterocycles. The van der Waals surface area contributed by atoms with Gasteiger partial charge >= 0.3 is 0 Å². The second kappa shape index (κ2) is 7.61. The highest BCUT2D eigenvalue weighted by Gasteiger charge is 2.11. The number of hydrogen-bond donors (Lipinski definition) is 1. The number of para-hydroxylation sites is 1. The summed E-state index contributed by atoms with van der Waals surface area (Å²) < 4.78 is 0. The van der Waals surface area contributed by atoms with Crippen LogP contribution in [0.5, 0.6) is 5.75 Å². The molecule has 3 aromatic rings. The first-order chi connectivity index (χ1) is 11.6. The molecule has 0 bridgehead atoms. The zero-order valence-corrected chi connectivity index (χ0v) is 15.0. The maximum atomic E-state index is 10.8. The Morgan fingerprint density at radius 3 is 2.21 bits per heavy atom. The first-order valence-electron chi connectivity index (χ1n) is 8.02. The van der Waals surface area contributed by atoms with E-state index in [2.05, 4.69) is 43.3 Å². The number of phenols is 1. The SMILES string of the molecule is CN(C)Cc1ccccc1Pc1cccc(-c2ccccc2)c1O. The van der Waals surface area contributed by atoms with Crippen molar-refractivity contribution < 1.29 is 5.11 Å². The first kappa shape index (κ1) is 16.7. The van der Waals surface area contributed by atoms with E-state index in [0.29, 0.717) is 14.3 Å². The van der Waals surface area contributed by atoms with Crippen LogP contribution in [0.2, 0.25) is 0 Å². The van der Waals surface area contributed by atoms with Crippen LogP contribution in [-0.4, -0.2) is 24.1 Å². The Morgan fingerprint density at radius 2 is 1.46 bits per heavy atom. The quantitative estimate of drug-likeness (QED) is 0.718. The third-order valence-corrected chi connectivity index (χ3v) is 5.32. The molecule has 1 unspecified atom stereocenters. The van der Waals surface area contributed by atoms with E-state index >= 15 is 0 Å². The third kappa shape index (κ3) is 3.84. The zero-order chi connectivity index (χ0) is 16.9. The summed E-state index contributed by atoms with van der Waals surface area (Å²) in [4.78, 5) is 2.17. The fourth-order valence-electron chi connectivity index (χ4n) is 2.76. The van der Waals surface area contributed by atoms with Crippen LogP contribution in [0.15, 0.2) is 72.8 Å². The van der Waals surface area contributed by atoms with Crippen molar-refractivity contribution in [3.8, 4) is 16.9 Å². The van der Waals surface area contributed by atoms with Crippen molar-refractivity contribution in [2.45, 2.75) is 6.54 Å². The van der Waals surface area contributed by atoms with Crippen LogP contribution in [0.4, 0.5) is 0 Å². The van der Waals surface area contributed by atoms with Crippen LogP contribution < -0.4 is 10.6 Å². The highest BCUT2D eigenvalue weighted by molar-refractivity contribution is 7.55. The summed E-state index contributed by atoms with van der Waals surface area (Å²) in [5, 5.41) is 13.0. The van der Waals surface area contributed by atoms with Crippen LogP contribution in [-0.2, 0) is 6.54 Å². The van der Waals surface area contributed by atoms with Crippen molar-refractivity contribution in [2.24, 2.45) is 0 Å². The molecule has 3 rings (SSSR count). The van der Waals surface area contributed by atoms with E-state index in [-0.39, 0.29) is 0 Å². The minimum absolute atomic E-state index is 0.390. The Labute approximate surface area is 145 Å². The first-order valence-corrected chi connectivity index (χ1v) is 9.02. The molecule has 0 saturated carbocycles. The van der Waals surface area contributed by atoms with Crippen LogP contribution in [0, 0.1) is 0 Å². The molecular weight excluding hydrogens is 313 g/mol. The summed E-state index contributed by atoms with van der Waals surface area (Å²) in [5.41, 5.74) is 3.25. The second-order valence-corrected chi connectivity index (χ2v) is 7.42. The molecule has 0 aromatic heterocycles. The number of nitrogens with zero attached hydrogens (tertiary/aromatic N) is 1. The average Bonchev–Trinajstić information content (AvgIpc) is 2.59. The lowest BCUT2D eigenvalue weighted by atomic mass is 10.1. The average molecular weight is 335 g/mol. The predicted octanol–water partition coefficient (Wildman–Crippen LogP) is 3.75. The van der Waals surface area contributed by atoms with Gasteiger partial charge in [-0.3, -0.25) is 0 Å². The smallest absolute Gasteiger partial charge is 0.131 e. The van der Waals surface area contributed by atoms with Crippen LogP contribution in [0.25, 0.3) is 11.1 Å². The number of hydrogen-bond acceptors (Lipinski definition) is 2. The van der Waals surface area contributed by atoms with Crippen molar-refractivity contribution >= 4 is 19.2 Å². The Kier molecular flexibility index (Phi) is 5.30. The van der Waals surface area contributed by atoms with E-state index in [1.54, 1.807) is 0 Å². The molecule has 24 heavy (non-hydrogen) atoms. The number of aromatic hydroxyl groups is 1.